The summed E-state index contributed by atoms with van der Waals surface area (Å²) in [4.78, 5) is 32.4. The summed E-state index contributed by atoms with van der Waals surface area (Å²) in [5, 5.41) is 5.71. The highest BCUT2D eigenvalue weighted by atomic mass is 32.2. The number of amidine groups is 1. The molecule has 0 aromatic heterocycles. The van der Waals surface area contributed by atoms with Crippen molar-refractivity contribution in [1.29, 1.82) is 0 Å². The van der Waals surface area contributed by atoms with Gasteiger partial charge in [-0.3, -0.25) is 4.79 Å². The van der Waals surface area contributed by atoms with Crippen LogP contribution in [0, 0.1) is 5.92 Å². The molecule has 0 bridgehead atoms. The number of nitrogens with zero attached hydrogens (tertiary/aromatic N) is 2. The minimum Gasteiger partial charge on any atom is -0.497 e. The van der Waals surface area contributed by atoms with Crippen LogP contribution in [0.2, 0.25) is 0 Å². The quantitative estimate of drug-likeness (QED) is 0.413. The van der Waals surface area contributed by atoms with Gasteiger partial charge in [-0.1, -0.05) is 23.9 Å². The number of amides is 1. The minimum atomic E-state index is -0.462. The van der Waals surface area contributed by atoms with Gasteiger partial charge in [0.2, 0.25) is 5.91 Å². The lowest BCUT2D eigenvalue weighted by atomic mass is 9.93. The van der Waals surface area contributed by atoms with Gasteiger partial charge < -0.3 is 24.4 Å². The fraction of sp³-hybridized carbons (Fsp3) is 0.458. The van der Waals surface area contributed by atoms with Crippen LogP contribution in [0.25, 0.3) is 0 Å². The van der Waals surface area contributed by atoms with Crippen molar-refractivity contribution < 1.29 is 23.8 Å². The number of carbonyl (C=O) groups is 2. The smallest absolute Gasteiger partial charge is 0.338 e. The Kier molecular flexibility index (Phi) is 7.39. The number of allylic oxidation sites excluding steroid dienone is 1. The summed E-state index contributed by atoms with van der Waals surface area (Å²) < 4.78 is 15.8. The molecule has 33 heavy (non-hydrogen) atoms. The number of hydrogen-bond donors (Lipinski definition) is 1. The Labute approximate surface area is 198 Å². The standard InChI is InChI=1S/C24H29N3O5S/c1-15-21(23(29)32-11-10-30-2)22(17-6-8-19(31-3)9-7-17)27-18(14-33-24(27)26-15)12-20(28)25-13-16-4-5-16/h6-9,14,16,22H,4-5,10-13H2,1-3H3,(H,25,28). The molecule has 1 amide bonds. The van der Waals surface area contributed by atoms with Gasteiger partial charge in [-0.15, -0.1) is 0 Å². The second kappa shape index (κ2) is 10.4. The molecule has 176 valence electrons. The Bertz CT molecular complexity index is 998. The van der Waals surface area contributed by atoms with Gasteiger partial charge in [-0.25, -0.2) is 9.79 Å². The molecule has 1 fully saturated rings. The van der Waals surface area contributed by atoms with E-state index in [-0.39, 0.29) is 18.9 Å². The Morgan fingerprint density at radius 1 is 1.18 bits per heavy atom. The molecule has 1 saturated carbocycles. The largest absolute Gasteiger partial charge is 0.497 e. The van der Waals surface area contributed by atoms with Crippen molar-refractivity contribution in [2.75, 3.05) is 34.0 Å². The summed E-state index contributed by atoms with van der Waals surface area (Å²) in [7, 11) is 3.17. The number of rotatable bonds is 10. The summed E-state index contributed by atoms with van der Waals surface area (Å²) in [5.41, 5.74) is 2.74. The van der Waals surface area contributed by atoms with Gasteiger partial charge in [0.15, 0.2) is 5.17 Å². The Balaban J connectivity index is 1.63. The molecule has 9 heteroatoms. The van der Waals surface area contributed by atoms with Crippen LogP contribution in [0.15, 0.2) is 51.6 Å². The first-order chi connectivity index (χ1) is 16.0. The van der Waals surface area contributed by atoms with E-state index in [1.807, 2.05) is 41.5 Å². The number of fused-ring (bicyclic) bond motifs is 1. The number of thioether (sulfide) groups is 1. The number of hydrogen-bond acceptors (Lipinski definition) is 8. The average Bonchev–Trinajstić information content (AvgIpc) is 3.57. The maximum atomic E-state index is 13.1. The maximum Gasteiger partial charge on any atom is 0.338 e. The molecule has 1 atom stereocenters. The molecule has 0 radical (unpaired) electrons. The zero-order valence-corrected chi connectivity index (χ0v) is 19.9. The lowest BCUT2D eigenvalue weighted by molar-refractivity contribution is -0.141. The highest BCUT2D eigenvalue weighted by Gasteiger charge is 2.41. The average molecular weight is 472 g/mol. The Morgan fingerprint density at radius 2 is 1.94 bits per heavy atom. The number of methoxy groups -OCH3 is 2. The predicted octanol–water partition coefficient (Wildman–Crippen LogP) is 3.38. The molecular weight excluding hydrogens is 442 g/mol. The number of carbonyl (C=O) groups excluding carboxylic acids is 2. The van der Waals surface area contributed by atoms with Gasteiger partial charge >= 0.3 is 5.97 Å². The number of esters is 1. The molecule has 8 nitrogen and oxygen atoms in total. The molecule has 3 aliphatic rings. The van der Waals surface area contributed by atoms with E-state index in [0.29, 0.717) is 23.8 Å². The van der Waals surface area contributed by atoms with E-state index in [0.717, 1.165) is 28.7 Å². The fourth-order valence-electron chi connectivity index (χ4n) is 3.83. The molecule has 1 N–H and O–H groups in total. The van der Waals surface area contributed by atoms with Crippen LogP contribution in [0.4, 0.5) is 0 Å². The molecule has 4 rings (SSSR count). The third kappa shape index (κ3) is 5.42. The number of ether oxygens (including phenoxy) is 3. The monoisotopic (exact) mass is 471 g/mol. The minimum absolute atomic E-state index is 0.0287. The Hall–Kier alpha value is -2.78. The van der Waals surface area contributed by atoms with Gasteiger partial charge in [0.05, 0.1) is 37.4 Å². The molecule has 0 spiro atoms. The van der Waals surface area contributed by atoms with Crippen LogP contribution in [-0.4, -0.2) is 55.9 Å². The van der Waals surface area contributed by atoms with E-state index in [1.165, 1.54) is 24.6 Å². The second-order valence-corrected chi connectivity index (χ2v) is 9.06. The highest BCUT2D eigenvalue weighted by Crippen LogP contribution is 2.45. The number of aliphatic imine (C=N–C) groups is 1. The van der Waals surface area contributed by atoms with Crippen molar-refractivity contribution in [3.63, 3.8) is 0 Å². The second-order valence-electron chi connectivity index (χ2n) is 8.22. The first-order valence-electron chi connectivity index (χ1n) is 11.0. The van der Waals surface area contributed by atoms with Crippen molar-refractivity contribution in [2.45, 2.75) is 32.2 Å². The van der Waals surface area contributed by atoms with Crippen molar-refractivity contribution in [3.05, 3.63) is 52.2 Å². The lowest BCUT2D eigenvalue weighted by Crippen LogP contribution is -2.38. The summed E-state index contributed by atoms with van der Waals surface area (Å²) in [6.45, 7) is 3.00. The zero-order chi connectivity index (χ0) is 23.4. The molecule has 0 saturated heterocycles. The number of benzene rings is 1. The predicted molar refractivity (Wildman–Crippen MR) is 127 cm³/mol. The molecule has 1 aliphatic carbocycles. The van der Waals surface area contributed by atoms with Crippen molar-refractivity contribution in [2.24, 2.45) is 10.9 Å². The molecule has 1 unspecified atom stereocenters. The van der Waals surface area contributed by atoms with Gasteiger partial charge in [-0.05, 0) is 48.8 Å². The van der Waals surface area contributed by atoms with Crippen molar-refractivity contribution >= 4 is 28.8 Å². The van der Waals surface area contributed by atoms with Crippen LogP contribution >= 0.6 is 11.8 Å². The molecule has 1 aromatic rings. The summed E-state index contributed by atoms with van der Waals surface area (Å²) in [6.07, 6.45) is 2.58. The van der Waals surface area contributed by atoms with Gasteiger partial charge in [0.1, 0.15) is 12.4 Å². The maximum absolute atomic E-state index is 13.1. The van der Waals surface area contributed by atoms with Crippen LogP contribution in [0.1, 0.15) is 37.8 Å². The van der Waals surface area contributed by atoms with E-state index in [9.17, 15) is 9.59 Å². The zero-order valence-electron chi connectivity index (χ0n) is 19.1. The van der Waals surface area contributed by atoms with E-state index >= 15 is 0 Å². The highest BCUT2D eigenvalue weighted by molar-refractivity contribution is 8.16. The fourth-order valence-corrected chi connectivity index (χ4v) is 4.80. The SMILES string of the molecule is COCCOC(=O)C1=C(C)N=C2SC=C(CC(=O)NCC3CC3)N2C1c1ccc(OC)cc1. The number of nitrogens with one attached hydrogen (secondary N) is 1. The van der Waals surface area contributed by atoms with Crippen LogP contribution < -0.4 is 10.1 Å². The van der Waals surface area contributed by atoms with Crippen LogP contribution in [-0.2, 0) is 19.1 Å². The summed E-state index contributed by atoms with van der Waals surface area (Å²) in [5.74, 6) is 0.861. The van der Waals surface area contributed by atoms with Crippen LogP contribution in [0.3, 0.4) is 0 Å². The van der Waals surface area contributed by atoms with Gasteiger partial charge in [0.25, 0.3) is 0 Å². The summed E-state index contributed by atoms with van der Waals surface area (Å²) in [6, 6.07) is 7.11. The van der Waals surface area contributed by atoms with Crippen molar-refractivity contribution in [1.82, 2.24) is 10.2 Å². The molecule has 2 aliphatic heterocycles. The van der Waals surface area contributed by atoms with E-state index in [4.69, 9.17) is 14.2 Å². The van der Waals surface area contributed by atoms with Gasteiger partial charge in [-0.2, -0.15) is 0 Å². The summed E-state index contributed by atoms with van der Waals surface area (Å²) >= 11 is 1.46. The third-order valence-corrected chi connectivity index (χ3v) is 6.69. The van der Waals surface area contributed by atoms with Crippen LogP contribution in [0.5, 0.6) is 5.75 Å². The normalized spacial score (nSPS) is 19.6. The van der Waals surface area contributed by atoms with Gasteiger partial charge in [0, 0.05) is 19.4 Å². The van der Waals surface area contributed by atoms with E-state index < -0.39 is 12.0 Å². The lowest BCUT2D eigenvalue weighted by Gasteiger charge is -2.36. The van der Waals surface area contributed by atoms with Crippen molar-refractivity contribution in [3.8, 4) is 5.75 Å². The third-order valence-electron chi connectivity index (χ3n) is 5.80. The molecular formula is C24H29N3O5S. The first-order valence-corrected chi connectivity index (χ1v) is 11.9. The van der Waals surface area contributed by atoms with E-state index in [1.54, 1.807) is 14.2 Å². The van der Waals surface area contributed by atoms with E-state index in [2.05, 4.69) is 10.3 Å². The first kappa shape index (κ1) is 23.4. The molecule has 2 heterocycles. The Morgan fingerprint density at radius 3 is 2.61 bits per heavy atom. The topological polar surface area (TPSA) is 89.5 Å². The molecule has 1 aromatic carbocycles.